The minimum absolute atomic E-state index is 0.453. The summed E-state index contributed by atoms with van der Waals surface area (Å²) < 4.78 is 31.1. The highest BCUT2D eigenvalue weighted by atomic mass is 16.7. The first-order valence-corrected chi connectivity index (χ1v) is 16.0. The third kappa shape index (κ3) is 8.43. The van der Waals surface area contributed by atoms with E-state index < -0.39 is 161 Å². The standard InChI is InChI=1S/C33H34O23/c34-12-1-9(2-13(35)20(12)39)29(48)51-7-18-23(42)25(44)27(46)32(54-18)53-17-6-11(5-16(38)22(17)41)31(50)56-33-28(47)26(45)24(43)19(55-33)8-52-30(49)10-3-14(36)21(40)15(37)4-10/h1-6,18-19,23-28,32-47H,7-8H2. The summed E-state index contributed by atoms with van der Waals surface area (Å²) in [6.07, 6.45) is -19.7. The number of phenolic OH excluding ortho intramolecular Hbond substituents is 8. The van der Waals surface area contributed by atoms with Crippen molar-refractivity contribution in [1.82, 2.24) is 0 Å². The largest absolute Gasteiger partial charge is 0.504 e. The van der Waals surface area contributed by atoms with Crippen molar-refractivity contribution >= 4 is 17.9 Å². The van der Waals surface area contributed by atoms with Gasteiger partial charge in [0.25, 0.3) is 0 Å². The van der Waals surface area contributed by atoms with Gasteiger partial charge in [-0.05, 0) is 36.4 Å². The Morgan fingerprint density at radius 3 is 1.25 bits per heavy atom. The zero-order chi connectivity index (χ0) is 41.3. The summed E-state index contributed by atoms with van der Waals surface area (Å²) in [6, 6.07) is 4.34. The first-order valence-electron chi connectivity index (χ1n) is 16.0. The number of hydrogen-bond acceptors (Lipinski definition) is 23. The molecule has 2 fully saturated rings. The van der Waals surface area contributed by atoms with Crippen LogP contribution in [0.4, 0.5) is 0 Å². The first kappa shape index (κ1) is 41.1. The van der Waals surface area contributed by atoms with Crippen molar-refractivity contribution in [2.24, 2.45) is 0 Å². The van der Waals surface area contributed by atoms with Crippen molar-refractivity contribution < 1.29 is 114 Å². The van der Waals surface area contributed by atoms with Gasteiger partial charge in [-0.3, -0.25) is 0 Å². The van der Waals surface area contributed by atoms with Gasteiger partial charge in [-0.1, -0.05) is 0 Å². The molecule has 2 aliphatic heterocycles. The average molecular weight is 799 g/mol. The van der Waals surface area contributed by atoms with Crippen LogP contribution in [-0.4, -0.2) is 164 Å². The van der Waals surface area contributed by atoms with E-state index in [2.05, 4.69) is 0 Å². The predicted octanol–water partition coefficient (Wildman–Crippen LogP) is -2.80. The summed E-state index contributed by atoms with van der Waals surface area (Å²) in [6.45, 7) is -1.73. The number of carbonyl (C=O) groups is 3. The molecular formula is C33H34O23. The zero-order valence-corrected chi connectivity index (χ0v) is 28.1. The molecule has 0 radical (unpaired) electrons. The topological polar surface area (TPSA) is 390 Å². The van der Waals surface area contributed by atoms with E-state index in [1.54, 1.807) is 0 Å². The molecule has 2 heterocycles. The number of aromatic hydroxyl groups is 8. The molecule has 23 nitrogen and oxygen atoms in total. The van der Waals surface area contributed by atoms with E-state index in [9.17, 15) is 85.9 Å². The maximum absolute atomic E-state index is 13.1. The lowest BCUT2D eigenvalue weighted by Crippen LogP contribution is -2.60. The summed E-state index contributed by atoms with van der Waals surface area (Å²) in [7, 11) is 0. The molecule has 3 aromatic rings. The SMILES string of the molecule is O=C(OCC1OC(OC(=O)c2cc(O)c(O)c(OC3OC(COC(=O)c4cc(O)c(O)c(O)c4)C(O)C(O)C3O)c2)C(O)C(O)C1O)c1cc(O)c(O)c(O)c1. The van der Waals surface area contributed by atoms with Crippen LogP contribution in [0.2, 0.25) is 0 Å². The molecule has 56 heavy (non-hydrogen) atoms. The Balaban J connectivity index is 1.26. The van der Waals surface area contributed by atoms with E-state index in [4.69, 9.17) is 28.4 Å². The quantitative estimate of drug-likeness (QED) is 0.0559. The second-order valence-electron chi connectivity index (χ2n) is 12.3. The van der Waals surface area contributed by atoms with Crippen LogP contribution in [-0.2, 0) is 23.7 Å². The Morgan fingerprint density at radius 1 is 0.464 bits per heavy atom. The Kier molecular flexibility index (Phi) is 12.0. The Bertz CT molecular complexity index is 1920. The summed E-state index contributed by atoms with van der Waals surface area (Å²) in [5.41, 5.74) is -1.56. The number of phenols is 8. The van der Waals surface area contributed by atoms with Gasteiger partial charge in [0.05, 0.1) is 16.7 Å². The Labute approximate surface area is 311 Å². The van der Waals surface area contributed by atoms with Crippen LogP contribution in [0.1, 0.15) is 31.1 Å². The average Bonchev–Trinajstić information content (AvgIpc) is 3.16. The van der Waals surface area contributed by atoms with Crippen LogP contribution in [0, 0.1) is 0 Å². The fourth-order valence-corrected chi connectivity index (χ4v) is 5.33. The third-order valence-corrected chi connectivity index (χ3v) is 8.46. The fourth-order valence-electron chi connectivity index (χ4n) is 5.33. The first-order chi connectivity index (χ1) is 26.3. The highest BCUT2D eigenvalue weighted by molar-refractivity contribution is 5.92. The van der Waals surface area contributed by atoms with E-state index >= 15 is 0 Å². The van der Waals surface area contributed by atoms with E-state index in [1.807, 2.05) is 0 Å². The molecule has 0 aromatic heterocycles. The van der Waals surface area contributed by atoms with Gasteiger partial charge < -0.3 is 99.9 Å². The van der Waals surface area contributed by atoms with Gasteiger partial charge in [-0.2, -0.15) is 0 Å². The molecule has 14 N–H and O–H groups in total. The van der Waals surface area contributed by atoms with Gasteiger partial charge in [0.2, 0.25) is 18.3 Å². The van der Waals surface area contributed by atoms with Crippen LogP contribution >= 0.6 is 0 Å². The fraction of sp³-hybridized carbons (Fsp3) is 0.364. The summed E-state index contributed by atoms with van der Waals surface area (Å²) in [4.78, 5) is 38.0. The molecule has 304 valence electrons. The molecule has 0 saturated carbocycles. The number of carbonyl (C=O) groups excluding carboxylic acids is 3. The highest BCUT2D eigenvalue weighted by Gasteiger charge is 2.47. The molecule has 2 saturated heterocycles. The van der Waals surface area contributed by atoms with Gasteiger partial charge in [-0.15, -0.1) is 0 Å². The summed E-state index contributed by atoms with van der Waals surface area (Å²) >= 11 is 0. The zero-order valence-electron chi connectivity index (χ0n) is 28.1. The lowest BCUT2D eigenvalue weighted by molar-refractivity contribution is -0.285. The van der Waals surface area contributed by atoms with Crippen molar-refractivity contribution in [2.75, 3.05) is 13.2 Å². The minimum Gasteiger partial charge on any atom is -0.504 e. The smallest absolute Gasteiger partial charge is 0.340 e. The van der Waals surface area contributed by atoms with Crippen LogP contribution in [0.3, 0.4) is 0 Å². The van der Waals surface area contributed by atoms with Crippen LogP contribution in [0.5, 0.6) is 51.7 Å². The Hall–Kier alpha value is -6.05. The van der Waals surface area contributed by atoms with Gasteiger partial charge in [-0.25, -0.2) is 14.4 Å². The second-order valence-corrected chi connectivity index (χ2v) is 12.3. The molecule has 10 unspecified atom stereocenters. The predicted molar refractivity (Wildman–Crippen MR) is 173 cm³/mol. The number of ether oxygens (including phenoxy) is 6. The number of rotatable bonds is 10. The van der Waals surface area contributed by atoms with Crippen LogP contribution in [0.25, 0.3) is 0 Å². The van der Waals surface area contributed by atoms with Crippen molar-refractivity contribution in [2.45, 2.75) is 61.4 Å². The monoisotopic (exact) mass is 798 g/mol. The number of aliphatic hydroxyl groups excluding tert-OH is 6. The lowest BCUT2D eigenvalue weighted by Gasteiger charge is -2.40. The Morgan fingerprint density at radius 2 is 0.821 bits per heavy atom. The van der Waals surface area contributed by atoms with E-state index in [1.165, 1.54) is 0 Å². The maximum Gasteiger partial charge on any atom is 0.340 e. The molecule has 10 atom stereocenters. The highest BCUT2D eigenvalue weighted by Crippen LogP contribution is 2.40. The number of hydrogen-bond donors (Lipinski definition) is 14. The number of aliphatic hydroxyl groups is 6. The van der Waals surface area contributed by atoms with E-state index in [-0.39, 0.29) is 0 Å². The maximum atomic E-state index is 13.1. The van der Waals surface area contributed by atoms with Gasteiger partial charge >= 0.3 is 17.9 Å². The van der Waals surface area contributed by atoms with E-state index in [0.29, 0.717) is 12.1 Å². The van der Waals surface area contributed by atoms with Crippen molar-refractivity contribution in [3.05, 3.63) is 53.1 Å². The van der Waals surface area contributed by atoms with Gasteiger partial charge in [0.15, 0.2) is 46.0 Å². The molecule has 3 aromatic carbocycles. The molecule has 5 rings (SSSR count). The lowest BCUT2D eigenvalue weighted by atomic mass is 9.99. The summed E-state index contributed by atoms with van der Waals surface area (Å²) in [5.74, 6) is -12.1. The molecule has 2 aliphatic rings. The number of esters is 3. The normalized spacial score (nSPS) is 27.5. The van der Waals surface area contributed by atoms with Gasteiger partial charge in [0.1, 0.15) is 62.0 Å². The molecule has 0 amide bonds. The summed E-state index contributed by atoms with van der Waals surface area (Å²) in [5, 5.41) is 141. The van der Waals surface area contributed by atoms with Crippen LogP contribution in [0.15, 0.2) is 36.4 Å². The molecule has 23 heteroatoms. The van der Waals surface area contributed by atoms with Gasteiger partial charge in [0, 0.05) is 0 Å². The number of benzene rings is 3. The molecule has 0 bridgehead atoms. The van der Waals surface area contributed by atoms with Crippen molar-refractivity contribution in [3.63, 3.8) is 0 Å². The molecular weight excluding hydrogens is 764 g/mol. The molecule has 0 spiro atoms. The van der Waals surface area contributed by atoms with Crippen LogP contribution < -0.4 is 4.74 Å². The van der Waals surface area contributed by atoms with Crippen molar-refractivity contribution in [3.8, 4) is 51.7 Å². The third-order valence-electron chi connectivity index (χ3n) is 8.46. The molecule has 0 aliphatic carbocycles. The van der Waals surface area contributed by atoms with Crippen molar-refractivity contribution in [1.29, 1.82) is 0 Å². The minimum atomic E-state index is -2.12. The second kappa shape index (κ2) is 16.4. The van der Waals surface area contributed by atoms with E-state index in [0.717, 1.165) is 24.3 Å².